The zero-order chi connectivity index (χ0) is 19.6. The Morgan fingerprint density at radius 1 is 1.15 bits per heavy atom. The molecule has 0 unspecified atom stereocenters. The maximum absolute atomic E-state index is 12.4. The SMILES string of the molecule is CC(C)(C)OC(=O)Cn1cnc(-c2ccc(Cl)cc2)c1-c1ccncc1Cl. The summed E-state index contributed by atoms with van der Waals surface area (Å²) in [5, 5.41) is 1.11. The van der Waals surface area contributed by atoms with Gasteiger partial charge in [0.15, 0.2) is 0 Å². The van der Waals surface area contributed by atoms with E-state index in [9.17, 15) is 4.79 Å². The third-order valence-electron chi connectivity index (χ3n) is 3.70. The number of halogens is 2. The molecule has 3 rings (SSSR count). The van der Waals surface area contributed by atoms with Gasteiger partial charge < -0.3 is 9.30 Å². The Hall–Kier alpha value is -2.37. The molecule has 1 aromatic carbocycles. The second kappa shape index (κ2) is 7.71. The summed E-state index contributed by atoms with van der Waals surface area (Å²) in [5.41, 5.74) is 2.45. The summed E-state index contributed by atoms with van der Waals surface area (Å²) in [6, 6.07) is 9.13. The molecule has 0 bridgehead atoms. The highest BCUT2D eigenvalue weighted by Crippen LogP contribution is 2.35. The molecule has 0 aliphatic rings. The number of rotatable bonds is 4. The van der Waals surface area contributed by atoms with Crippen molar-refractivity contribution >= 4 is 29.2 Å². The molecule has 2 aromatic heterocycles. The molecule has 27 heavy (non-hydrogen) atoms. The van der Waals surface area contributed by atoms with E-state index in [4.69, 9.17) is 27.9 Å². The highest BCUT2D eigenvalue weighted by Gasteiger charge is 2.21. The lowest BCUT2D eigenvalue weighted by atomic mass is 10.1. The molecule has 0 N–H and O–H groups in total. The van der Waals surface area contributed by atoms with Gasteiger partial charge in [-0.3, -0.25) is 9.78 Å². The van der Waals surface area contributed by atoms with Crippen LogP contribution in [0.2, 0.25) is 10.0 Å². The standard InChI is InChI=1S/C20H19Cl2N3O2/c1-20(2,3)27-17(26)11-25-12-24-18(13-4-6-14(21)7-5-13)19(25)15-8-9-23-10-16(15)22/h4-10,12H,11H2,1-3H3. The van der Waals surface area contributed by atoms with E-state index in [1.165, 1.54) is 0 Å². The van der Waals surface area contributed by atoms with Crippen molar-refractivity contribution in [3.05, 3.63) is 59.1 Å². The number of hydrogen-bond acceptors (Lipinski definition) is 4. The number of carbonyl (C=O) groups excluding carboxylic acids is 1. The van der Waals surface area contributed by atoms with Crippen molar-refractivity contribution in [2.24, 2.45) is 0 Å². The molecule has 0 aliphatic carbocycles. The fraction of sp³-hybridized carbons (Fsp3) is 0.250. The van der Waals surface area contributed by atoms with E-state index in [1.54, 1.807) is 41.5 Å². The predicted octanol–water partition coefficient (Wildman–Crippen LogP) is 5.26. The van der Waals surface area contributed by atoms with Gasteiger partial charge in [-0.2, -0.15) is 0 Å². The summed E-state index contributed by atoms with van der Waals surface area (Å²) in [5.74, 6) is -0.353. The van der Waals surface area contributed by atoms with Gasteiger partial charge in [0, 0.05) is 28.5 Å². The Bertz CT molecular complexity index is 960. The van der Waals surface area contributed by atoms with Gasteiger partial charge in [0.2, 0.25) is 0 Å². The average molecular weight is 404 g/mol. The van der Waals surface area contributed by atoms with Crippen LogP contribution in [0.25, 0.3) is 22.5 Å². The van der Waals surface area contributed by atoms with Crippen LogP contribution in [0.1, 0.15) is 20.8 Å². The van der Waals surface area contributed by atoms with E-state index in [2.05, 4.69) is 9.97 Å². The second-order valence-electron chi connectivity index (χ2n) is 7.02. The number of imidazole rings is 1. The van der Waals surface area contributed by atoms with Gasteiger partial charge in [-0.05, 0) is 39.0 Å². The topological polar surface area (TPSA) is 57.0 Å². The van der Waals surface area contributed by atoms with Crippen molar-refractivity contribution in [1.82, 2.24) is 14.5 Å². The van der Waals surface area contributed by atoms with Crippen LogP contribution in [-0.4, -0.2) is 26.1 Å². The first-order valence-corrected chi connectivity index (χ1v) is 9.13. The number of pyridine rings is 1. The zero-order valence-corrected chi connectivity index (χ0v) is 16.8. The van der Waals surface area contributed by atoms with Gasteiger partial charge >= 0.3 is 5.97 Å². The highest BCUT2D eigenvalue weighted by molar-refractivity contribution is 6.33. The van der Waals surface area contributed by atoms with Gasteiger partial charge in [-0.15, -0.1) is 0 Å². The summed E-state index contributed by atoms with van der Waals surface area (Å²) in [6.07, 6.45) is 4.82. The minimum atomic E-state index is -0.564. The van der Waals surface area contributed by atoms with Crippen molar-refractivity contribution in [3.63, 3.8) is 0 Å². The Balaban J connectivity index is 2.08. The third kappa shape index (κ3) is 4.67. The molecule has 3 aromatic rings. The van der Waals surface area contributed by atoms with E-state index in [0.717, 1.165) is 16.8 Å². The normalized spacial score (nSPS) is 11.4. The maximum atomic E-state index is 12.4. The number of ether oxygens (including phenoxy) is 1. The Morgan fingerprint density at radius 2 is 1.85 bits per heavy atom. The van der Waals surface area contributed by atoms with E-state index < -0.39 is 5.60 Å². The smallest absolute Gasteiger partial charge is 0.326 e. The summed E-state index contributed by atoms with van der Waals surface area (Å²) < 4.78 is 7.18. The quantitative estimate of drug-likeness (QED) is 0.557. The summed E-state index contributed by atoms with van der Waals surface area (Å²) in [6.45, 7) is 5.52. The Labute approximate surface area is 167 Å². The minimum absolute atomic E-state index is 0.0197. The molecule has 140 valence electrons. The molecule has 5 nitrogen and oxygen atoms in total. The molecule has 2 heterocycles. The van der Waals surface area contributed by atoms with Crippen LogP contribution in [0.4, 0.5) is 0 Å². The van der Waals surface area contributed by atoms with Gasteiger partial charge in [0.1, 0.15) is 12.1 Å². The average Bonchev–Trinajstić information content (AvgIpc) is 2.97. The summed E-state index contributed by atoms with van der Waals surface area (Å²) in [7, 11) is 0. The molecule has 0 spiro atoms. The predicted molar refractivity (Wildman–Crippen MR) is 107 cm³/mol. The van der Waals surface area contributed by atoms with Crippen molar-refractivity contribution in [2.45, 2.75) is 32.9 Å². The molecule has 0 saturated heterocycles. The number of hydrogen-bond donors (Lipinski definition) is 0. The lowest BCUT2D eigenvalue weighted by Crippen LogP contribution is -2.26. The first-order chi connectivity index (χ1) is 12.7. The van der Waals surface area contributed by atoms with Crippen LogP contribution >= 0.6 is 23.2 Å². The Morgan fingerprint density at radius 3 is 2.48 bits per heavy atom. The maximum Gasteiger partial charge on any atom is 0.326 e. The molecule has 0 aliphatic heterocycles. The highest BCUT2D eigenvalue weighted by atomic mass is 35.5. The minimum Gasteiger partial charge on any atom is -0.459 e. The van der Waals surface area contributed by atoms with Crippen molar-refractivity contribution in [1.29, 1.82) is 0 Å². The largest absolute Gasteiger partial charge is 0.459 e. The van der Waals surface area contributed by atoms with Crippen LogP contribution in [0, 0.1) is 0 Å². The molecular weight excluding hydrogens is 385 g/mol. The fourth-order valence-corrected chi connectivity index (χ4v) is 3.02. The molecule has 0 radical (unpaired) electrons. The van der Waals surface area contributed by atoms with Gasteiger partial charge in [0.05, 0.1) is 22.7 Å². The van der Waals surface area contributed by atoms with E-state index in [0.29, 0.717) is 15.7 Å². The van der Waals surface area contributed by atoms with Crippen LogP contribution < -0.4 is 0 Å². The third-order valence-corrected chi connectivity index (χ3v) is 4.26. The number of carbonyl (C=O) groups is 1. The lowest BCUT2D eigenvalue weighted by molar-refractivity contribution is -0.155. The number of aromatic nitrogens is 3. The zero-order valence-electron chi connectivity index (χ0n) is 15.2. The van der Waals surface area contributed by atoms with Crippen LogP contribution in [0.15, 0.2) is 49.1 Å². The number of nitrogens with zero attached hydrogens (tertiary/aromatic N) is 3. The van der Waals surface area contributed by atoms with E-state index in [1.807, 2.05) is 32.9 Å². The summed E-state index contributed by atoms with van der Waals surface area (Å²) in [4.78, 5) is 20.9. The van der Waals surface area contributed by atoms with Crippen molar-refractivity contribution in [2.75, 3.05) is 0 Å². The van der Waals surface area contributed by atoms with Crippen LogP contribution in [0.3, 0.4) is 0 Å². The molecule has 0 atom stereocenters. The summed E-state index contributed by atoms with van der Waals surface area (Å²) >= 11 is 12.4. The van der Waals surface area contributed by atoms with Crippen molar-refractivity contribution in [3.8, 4) is 22.5 Å². The van der Waals surface area contributed by atoms with E-state index in [-0.39, 0.29) is 12.5 Å². The van der Waals surface area contributed by atoms with E-state index >= 15 is 0 Å². The van der Waals surface area contributed by atoms with Crippen LogP contribution in [-0.2, 0) is 16.1 Å². The lowest BCUT2D eigenvalue weighted by Gasteiger charge is -2.20. The number of esters is 1. The molecule has 0 fully saturated rings. The monoisotopic (exact) mass is 403 g/mol. The number of benzene rings is 1. The first-order valence-electron chi connectivity index (χ1n) is 8.37. The van der Waals surface area contributed by atoms with Gasteiger partial charge in [0.25, 0.3) is 0 Å². The first kappa shape index (κ1) is 19.4. The van der Waals surface area contributed by atoms with Crippen molar-refractivity contribution < 1.29 is 9.53 Å². The molecule has 7 heteroatoms. The van der Waals surface area contributed by atoms with Gasteiger partial charge in [-0.25, -0.2) is 4.98 Å². The fourth-order valence-electron chi connectivity index (χ4n) is 2.68. The molecule has 0 saturated carbocycles. The second-order valence-corrected chi connectivity index (χ2v) is 7.86. The molecular formula is C20H19Cl2N3O2. The molecule has 0 amide bonds. The van der Waals surface area contributed by atoms with Crippen LogP contribution in [0.5, 0.6) is 0 Å². The van der Waals surface area contributed by atoms with Gasteiger partial charge in [-0.1, -0.05) is 35.3 Å². The Kier molecular flexibility index (Phi) is 5.53.